The van der Waals surface area contributed by atoms with E-state index in [1.807, 2.05) is 0 Å². The van der Waals surface area contributed by atoms with Crippen molar-refractivity contribution in [1.29, 1.82) is 0 Å². The first-order chi connectivity index (χ1) is 5.91. The monoisotopic (exact) mass is 190 g/mol. The normalized spacial score (nSPS) is 17.8. The average molecular weight is 190 g/mol. The predicted molar refractivity (Wildman–Crippen MR) is 42.1 cm³/mol. The molecule has 0 fully saturated rings. The van der Waals surface area contributed by atoms with Crippen molar-refractivity contribution in [2.24, 2.45) is 0 Å². The van der Waals surface area contributed by atoms with E-state index >= 15 is 0 Å². The molecule has 0 saturated carbocycles. The summed E-state index contributed by atoms with van der Waals surface area (Å²) in [7, 11) is 0. The molecule has 1 rings (SSSR count). The fourth-order valence-corrected chi connectivity index (χ4v) is 1.17. The molecule has 0 saturated heterocycles. The first kappa shape index (κ1) is 10.0. The second kappa shape index (κ2) is 3.36. The quantitative estimate of drug-likeness (QED) is 0.621. The van der Waals surface area contributed by atoms with E-state index in [0.717, 1.165) is 6.08 Å². The second-order valence-corrected chi connectivity index (χ2v) is 2.94. The van der Waals surface area contributed by atoms with Gasteiger partial charge >= 0.3 is 6.18 Å². The van der Waals surface area contributed by atoms with Crippen LogP contribution in [0.25, 0.3) is 0 Å². The number of rotatable bonds is 1. The number of allylic oxidation sites excluding steroid dienone is 4. The number of halogens is 3. The van der Waals surface area contributed by atoms with E-state index < -0.39 is 11.7 Å². The summed E-state index contributed by atoms with van der Waals surface area (Å²) >= 11 is 0. The van der Waals surface area contributed by atoms with Gasteiger partial charge < -0.3 is 0 Å². The van der Waals surface area contributed by atoms with Gasteiger partial charge in [-0.3, -0.25) is 4.79 Å². The zero-order chi connectivity index (χ0) is 10.1. The molecule has 0 aromatic rings. The maximum Gasteiger partial charge on any atom is 0.412 e. The van der Waals surface area contributed by atoms with Gasteiger partial charge in [0.15, 0.2) is 5.78 Å². The number of hydrogen-bond donors (Lipinski definition) is 0. The van der Waals surface area contributed by atoms with Gasteiger partial charge in [0.1, 0.15) is 0 Å². The van der Waals surface area contributed by atoms with Crippen LogP contribution in [-0.4, -0.2) is 12.0 Å². The van der Waals surface area contributed by atoms with Crippen LogP contribution in [-0.2, 0) is 4.79 Å². The summed E-state index contributed by atoms with van der Waals surface area (Å²) in [4.78, 5) is 10.8. The SMILES string of the molecule is CC(=O)C1=CC=C(C(F)(F)F)CC1. The van der Waals surface area contributed by atoms with Crippen molar-refractivity contribution in [2.75, 3.05) is 0 Å². The van der Waals surface area contributed by atoms with Gasteiger partial charge in [-0.1, -0.05) is 12.2 Å². The van der Waals surface area contributed by atoms with Gasteiger partial charge in [0, 0.05) is 5.57 Å². The lowest BCUT2D eigenvalue weighted by Gasteiger charge is -2.15. The van der Waals surface area contributed by atoms with Crippen LogP contribution in [0.4, 0.5) is 13.2 Å². The Labute approximate surface area is 73.9 Å². The molecule has 0 bridgehead atoms. The second-order valence-electron chi connectivity index (χ2n) is 2.94. The molecule has 72 valence electrons. The van der Waals surface area contributed by atoms with E-state index in [1.165, 1.54) is 13.0 Å². The molecule has 4 heteroatoms. The van der Waals surface area contributed by atoms with Crippen molar-refractivity contribution in [3.05, 3.63) is 23.3 Å². The van der Waals surface area contributed by atoms with E-state index in [4.69, 9.17) is 0 Å². The first-order valence-electron chi connectivity index (χ1n) is 3.89. The third-order valence-electron chi connectivity index (χ3n) is 1.97. The molecule has 13 heavy (non-hydrogen) atoms. The molecule has 1 aliphatic carbocycles. The molecular formula is C9H9F3O. The van der Waals surface area contributed by atoms with Gasteiger partial charge in [-0.2, -0.15) is 13.2 Å². The molecule has 1 aliphatic rings. The number of ketones is 1. The summed E-state index contributed by atoms with van der Waals surface area (Å²) in [5.41, 5.74) is -0.0921. The molecule has 0 aromatic heterocycles. The Morgan fingerprint density at radius 1 is 1.31 bits per heavy atom. The van der Waals surface area contributed by atoms with Crippen LogP contribution in [0.15, 0.2) is 23.3 Å². The van der Waals surface area contributed by atoms with Crippen molar-refractivity contribution >= 4 is 5.78 Å². The molecule has 0 N–H and O–H groups in total. The lowest BCUT2D eigenvalue weighted by Crippen LogP contribution is -2.14. The standard InChI is InChI=1S/C9H9F3O/c1-6(13)7-2-4-8(5-3-7)9(10,11)12/h2,4H,3,5H2,1H3. The molecule has 0 unspecified atom stereocenters. The summed E-state index contributed by atoms with van der Waals surface area (Å²) in [6.45, 7) is 1.36. The molecule has 0 heterocycles. The largest absolute Gasteiger partial charge is 0.412 e. The number of hydrogen-bond acceptors (Lipinski definition) is 1. The van der Waals surface area contributed by atoms with E-state index in [-0.39, 0.29) is 18.6 Å². The third-order valence-corrected chi connectivity index (χ3v) is 1.97. The Morgan fingerprint density at radius 3 is 2.23 bits per heavy atom. The van der Waals surface area contributed by atoms with Crippen LogP contribution in [0.2, 0.25) is 0 Å². The summed E-state index contributed by atoms with van der Waals surface area (Å²) in [5, 5.41) is 0. The minimum atomic E-state index is -4.25. The van der Waals surface area contributed by atoms with Gasteiger partial charge in [-0.25, -0.2) is 0 Å². The van der Waals surface area contributed by atoms with E-state index in [0.29, 0.717) is 5.57 Å². The maximum atomic E-state index is 12.1. The van der Waals surface area contributed by atoms with Crippen molar-refractivity contribution in [2.45, 2.75) is 25.9 Å². The number of carbonyl (C=O) groups excluding carboxylic acids is 1. The minimum absolute atomic E-state index is 0.0884. The molecule has 1 nitrogen and oxygen atoms in total. The van der Waals surface area contributed by atoms with Crippen LogP contribution in [0, 0.1) is 0 Å². The fraction of sp³-hybridized carbons (Fsp3) is 0.444. The van der Waals surface area contributed by atoms with Crippen molar-refractivity contribution in [1.82, 2.24) is 0 Å². The predicted octanol–water partition coefficient (Wildman–Crippen LogP) is 2.78. The summed E-state index contributed by atoms with van der Waals surface area (Å²) in [5.74, 6) is -0.155. The van der Waals surface area contributed by atoms with Gasteiger partial charge in [-0.15, -0.1) is 0 Å². The molecule has 0 radical (unpaired) electrons. The van der Waals surface area contributed by atoms with E-state index in [1.54, 1.807) is 0 Å². The molecule has 0 atom stereocenters. The van der Waals surface area contributed by atoms with Crippen LogP contribution in [0.3, 0.4) is 0 Å². The molecule has 0 amide bonds. The summed E-state index contributed by atoms with van der Waals surface area (Å²) in [6, 6.07) is 0. The Balaban J connectivity index is 2.82. The van der Waals surface area contributed by atoms with Gasteiger partial charge in [0.25, 0.3) is 0 Å². The van der Waals surface area contributed by atoms with Crippen LogP contribution in [0.1, 0.15) is 19.8 Å². The van der Waals surface area contributed by atoms with Crippen molar-refractivity contribution < 1.29 is 18.0 Å². The first-order valence-corrected chi connectivity index (χ1v) is 3.89. The molecular weight excluding hydrogens is 181 g/mol. The Morgan fingerprint density at radius 2 is 1.92 bits per heavy atom. The van der Waals surface area contributed by atoms with E-state index in [9.17, 15) is 18.0 Å². The fourth-order valence-electron chi connectivity index (χ4n) is 1.17. The Bertz CT molecular complexity index is 284. The minimum Gasteiger partial charge on any atom is -0.295 e. The Kier molecular flexibility index (Phi) is 2.59. The smallest absolute Gasteiger partial charge is 0.295 e. The van der Waals surface area contributed by atoms with Crippen molar-refractivity contribution in [3.8, 4) is 0 Å². The lowest BCUT2D eigenvalue weighted by molar-refractivity contribution is -0.114. The molecule has 0 spiro atoms. The van der Waals surface area contributed by atoms with E-state index in [2.05, 4.69) is 0 Å². The summed E-state index contributed by atoms with van der Waals surface area (Å²) in [6.07, 6.45) is -1.90. The zero-order valence-electron chi connectivity index (χ0n) is 7.11. The van der Waals surface area contributed by atoms with Crippen LogP contribution >= 0.6 is 0 Å². The summed E-state index contributed by atoms with van der Waals surface area (Å²) < 4.78 is 36.3. The topological polar surface area (TPSA) is 17.1 Å². The highest BCUT2D eigenvalue weighted by molar-refractivity contribution is 5.93. The molecule has 0 aliphatic heterocycles. The zero-order valence-corrected chi connectivity index (χ0v) is 7.11. The molecule has 0 aromatic carbocycles. The van der Waals surface area contributed by atoms with Gasteiger partial charge in [0.2, 0.25) is 0 Å². The highest BCUT2D eigenvalue weighted by Gasteiger charge is 2.33. The third kappa shape index (κ3) is 2.44. The number of carbonyl (C=O) groups is 1. The maximum absolute atomic E-state index is 12.1. The number of alkyl halides is 3. The van der Waals surface area contributed by atoms with Crippen LogP contribution < -0.4 is 0 Å². The van der Waals surface area contributed by atoms with Crippen LogP contribution in [0.5, 0.6) is 0 Å². The highest BCUT2D eigenvalue weighted by Crippen LogP contribution is 2.32. The van der Waals surface area contributed by atoms with Crippen molar-refractivity contribution in [3.63, 3.8) is 0 Å². The average Bonchev–Trinajstić information content (AvgIpc) is 2.03. The Hall–Kier alpha value is -1.06. The number of Topliss-reactive ketones (excluding diaryl/α,β-unsaturated/α-hetero) is 1. The van der Waals surface area contributed by atoms with Gasteiger partial charge in [0.05, 0.1) is 0 Å². The van der Waals surface area contributed by atoms with Gasteiger partial charge in [-0.05, 0) is 25.3 Å². The lowest BCUT2D eigenvalue weighted by atomic mass is 9.96. The highest BCUT2D eigenvalue weighted by atomic mass is 19.4.